The third-order valence-electron chi connectivity index (χ3n) is 8.79. The number of hydrogen-bond donors (Lipinski definition) is 1. The largest absolute Gasteiger partial charge is 0.507 e. The second-order valence-corrected chi connectivity index (χ2v) is 11.6. The van der Waals surface area contributed by atoms with E-state index >= 15 is 0 Å². The van der Waals surface area contributed by atoms with Crippen LogP contribution in [0, 0.1) is 11.8 Å². The molecule has 0 radical (unpaired) electrons. The van der Waals surface area contributed by atoms with E-state index in [0.717, 1.165) is 18.3 Å². The molecule has 1 aromatic carbocycles. The number of rotatable bonds is 5. The van der Waals surface area contributed by atoms with Gasteiger partial charge in [0.15, 0.2) is 17.3 Å². The standard InChI is InChI=1S/C30H30ClN3O8/c1-15-7-20(35)18(28(38)30(15)29(39)25-21(40-2)9-22(41-3)26(31)27(25)42-30)10-32-11-24(37)33-12-16-8-17(14-33)19-5-4-6-23(36)34(19)13-16/h4-6,9-10,15-17,38H,7-8,11-14H2,1-3H3/t15-,16-,17+,30+/m1/s1. The lowest BCUT2D eigenvalue weighted by Gasteiger charge is -2.42. The van der Waals surface area contributed by atoms with Gasteiger partial charge < -0.3 is 28.8 Å². The highest BCUT2D eigenvalue weighted by Gasteiger charge is 2.60. The number of aliphatic hydroxyl groups excluding tert-OH is 1. The molecule has 1 fully saturated rings. The molecule has 1 aromatic heterocycles. The lowest BCUT2D eigenvalue weighted by Crippen LogP contribution is -2.52. The van der Waals surface area contributed by atoms with Gasteiger partial charge in [0, 0.05) is 61.9 Å². The van der Waals surface area contributed by atoms with Gasteiger partial charge in [0.25, 0.3) is 5.56 Å². The first-order valence-corrected chi connectivity index (χ1v) is 14.1. The number of likely N-dealkylation sites (tertiary alicyclic amines) is 1. The molecule has 1 amide bonds. The number of Topliss-reactive ketones (excluding diaryl/α,β-unsaturated/α-hetero) is 2. The number of ketones is 2. The summed E-state index contributed by atoms with van der Waals surface area (Å²) in [6.45, 7) is 2.91. The number of halogens is 1. The lowest BCUT2D eigenvalue weighted by atomic mass is 9.73. The minimum atomic E-state index is -1.92. The highest BCUT2D eigenvalue weighted by Crippen LogP contribution is 2.54. The van der Waals surface area contributed by atoms with Crippen molar-refractivity contribution < 1.29 is 33.7 Å². The monoisotopic (exact) mass is 595 g/mol. The highest BCUT2D eigenvalue weighted by atomic mass is 35.5. The van der Waals surface area contributed by atoms with Crippen molar-refractivity contribution in [2.45, 2.75) is 37.8 Å². The number of nitrogens with zero attached hydrogens (tertiary/aromatic N) is 3. The molecule has 2 aromatic rings. The molecule has 220 valence electrons. The molecule has 11 nitrogen and oxygen atoms in total. The van der Waals surface area contributed by atoms with Crippen LogP contribution < -0.4 is 19.8 Å². The quantitative estimate of drug-likeness (QED) is 0.521. The van der Waals surface area contributed by atoms with Gasteiger partial charge in [0.2, 0.25) is 17.3 Å². The van der Waals surface area contributed by atoms with Gasteiger partial charge in [-0.2, -0.15) is 0 Å². The number of benzene rings is 1. The van der Waals surface area contributed by atoms with Crippen LogP contribution in [0.15, 0.2) is 45.4 Å². The van der Waals surface area contributed by atoms with Gasteiger partial charge in [-0.25, -0.2) is 0 Å². The molecule has 3 aliphatic heterocycles. The topological polar surface area (TPSA) is 137 Å². The molecular weight excluding hydrogens is 566 g/mol. The number of amides is 1. The van der Waals surface area contributed by atoms with E-state index in [4.69, 9.17) is 25.8 Å². The predicted octanol–water partition coefficient (Wildman–Crippen LogP) is 2.97. The molecule has 0 unspecified atom stereocenters. The number of aromatic nitrogens is 1. The summed E-state index contributed by atoms with van der Waals surface area (Å²) >= 11 is 6.47. The van der Waals surface area contributed by atoms with E-state index in [0.29, 0.717) is 19.6 Å². The summed E-state index contributed by atoms with van der Waals surface area (Å²) in [5.74, 6) is -2.00. The van der Waals surface area contributed by atoms with E-state index in [1.807, 2.05) is 6.07 Å². The van der Waals surface area contributed by atoms with Crippen LogP contribution in [-0.2, 0) is 16.1 Å². The second-order valence-electron chi connectivity index (χ2n) is 11.2. The molecule has 4 heterocycles. The molecular formula is C30H30ClN3O8. The average molecular weight is 596 g/mol. The summed E-state index contributed by atoms with van der Waals surface area (Å²) < 4.78 is 18.6. The Bertz CT molecular complexity index is 1650. The number of ether oxygens (including phenoxy) is 3. The van der Waals surface area contributed by atoms with E-state index in [1.54, 1.807) is 28.5 Å². The number of hydrogen-bond acceptors (Lipinski definition) is 9. The number of carbonyl (C=O) groups is 3. The average Bonchev–Trinajstić information content (AvgIpc) is 3.29. The van der Waals surface area contributed by atoms with Crippen LogP contribution in [0.1, 0.15) is 41.7 Å². The van der Waals surface area contributed by atoms with Crippen LogP contribution in [0.5, 0.6) is 17.2 Å². The molecule has 6 rings (SSSR count). The SMILES string of the molecule is COc1cc(OC)c2c(c1Cl)O[C@]1(C2=O)C(O)=C(C=NCC(=O)N2C[C@H]3C[C@@H](C2)c2cccc(=O)n2C3)C(=O)C[C@H]1C. The number of carbonyl (C=O) groups excluding carboxylic acids is 3. The van der Waals surface area contributed by atoms with Gasteiger partial charge in [-0.3, -0.25) is 24.2 Å². The van der Waals surface area contributed by atoms with E-state index in [1.165, 1.54) is 20.3 Å². The summed E-state index contributed by atoms with van der Waals surface area (Å²) in [7, 11) is 2.79. The fraction of sp³-hybridized carbons (Fsp3) is 0.433. The molecule has 42 heavy (non-hydrogen) atoms. The van der Waals surface area contributed by atoms with E-state index in [9.17, 15) is 24.3 Å². The number of fused-ring (bicyclic) bond motifs is 5. The first-order valence-electron chi connectivity index (χ1n) is 13.7. The number of pyridine rings is 1. The van der Waals surface area contributed by atoms with Gasteiger partial charge >= 0.3 is 0 Å². The Labute approximate surface area is 246 Å². The van der Waals surface area contributed by atoms with Crippen LogP contribution >= 0.6 is 11.6 Å². The number of aliphatic hydroxyl groups is 1. The van der Waals surface area contributed by atoms with Gasteiger partial charge in [-0.1, -0.05) is 24.6 Å². The van der Waals surface area contributed by atoms with Crippen molar-refractivity contribution in [3.63, 3.8) is 0 Å². The second kappa shape index (κ2) is 10.3. The van der Waals surface area contributed by atoms with Crippen molar-refractivity contribution in [1.29, 1.82) is 0 Å². The number of piperidine rings is 1. The molecule has 1 aliphatic carbocycles. The predicted molar refractivity (Wildman–Crippen MR) is 152 cm³/mol. The van der Waals surface area contributed by atoms with Crippen LogP contribution in [0.2, 0.25) is 5.02 Å². The van der Waals surface area contributed by atoms with Crippen molar-refractivity contribution in [2.75, 3.05) is 33.9 Å². The zero-order valence-corrected chi connectivity index (χ0v) is 24.1. The molecule has 1 saturated heterocycles. The van der Waals surface area contributed by atoms with Crippen molar-refractivity contribution >= 4 is 35.3 Å². The summed E-state index contributed by atoms with van der Waals surface area (Å²) in [4.78, 5) is 58.2. The van der Waals surface area contributed by atoms with Gasteiger partial charge in [-0.05, 0) is 18.4 Å². The fourth-order valence-electron chi connectivity index (χ4n) is 6.73. The van der Waals surface area contributed by atoms with Gasteiger partial charge in [-0.15, -0.1) is 0 Å². The number of methoxy groups -OCH3 is 2. The summed E-state index contributed by atoms with van der Waals surface area (Å²) in [5, 5.41) is 11.4. The zero-order chi connectivity index (χ0) is 29.9. The van der Waals surface area contributed by atoms with Crippen molar-refractivity contribution in [1.82, 2.24) is 9.47 Å². The van der Waals surface area contributed by atoms with Gasteiger partial charge in [0.05, 0.1) is 19.8 Å². The number of allylic oxidation sites excluding steroid dienone is 1. The maximum absolute atomic E-state index is 13.8. The van der Waals surface area contributed by atoms with Crippen LogP contribution in [0.25, 0.3) is 0 Å². The van der Waals surface area contributed by atoms with Crippen molar-refractivity contribution in [2.24, 2.45) is 16.8 Å². The van der Waals surface area contributed by atoms with E-state index in [-0.39, 0.29) is 69.7 Å². The van der Waals surface area contributed by atoms with Crippen LogP contribution in [-0.4, -0.2) is 77.7 Å². The van der Waals surface area contributed by atoms with Crippen LogP contribution in [0.4, 0.5) is 0 Å². The Morgan fingerprint density at radius 3 is 2.69 bits per heavy atom. The maximum atomic E-state index is 13.8. The minimum absolute atomic E-state index is 0.00318. The fourth-order valence-corrected chi connectivity index (χ4v) is 6.99. The Kier molecular flexibility index (Phi) is 6.87. The Morgan fingerprint density at radius 2 is 1.95 bits per heavy atom. The summed E-state index contributed by atoms with van der Waals surface area (Å²) in [6.07, 6.45) is 1.94. The highest BCUT2D eigenvalue weighted by molar-refractivity contribution is 6.35. The van der Waals surface area contributed by atoms with Crippen LogP contribution in [0.3, 0.4) is 0 Å². The molecule has 12 heteroatoms. The molecule has 0 saturated carbocycles. The van der Waals surface area contributed by atoms with E-state index in [2.05, 4.69) is 4.99 Å². The smallest absolute Gasteiger partial charge is 0.250 e. The molecule has 4 aliphatic rings. The molecule has 1 N–H and O–H groups in total. The third kappa shape index (κ3) is 4.12. The summed E-state index contributed by atoms with van der Waals surface area (Å²) in [5.41, 5.74) is -1.18. The minimum Gasteiger partial charge on any atom is -0.507 e. The Hall–Kier alpha value is -4.12. The maximum Gasteiger partial charge on any atom is 0.250 e. The lowest BCUT2D eigenvalue weighted by molar-refractivity contribution is -0.132. The normalized spacial score (nSPS) is 26.4. The molecule has 1 spiro atoms. The zero-order valence-electron chi connectivity index (χ0n) is 23.4. The Balaban J connectivity index is 1.25. The first-order chi connectivity index (χ1) is 20.1. The first kappa shape index (κ1) is 28.0. The molecule has 2 bridgehead atoms. The van der Waals surface area contributed by atoms with Crippen molar-refractivity contribution in [3.8, 4) is 17.2 Å². The van der Waals surface area contributed by atoms with Gasteiger partial charge in [0.1, 0.15) is 28.6 Å². The van der Waals surface area contributed by atoms with E-state index < -0.39 is 28.8 Å². The number of aliphatic imine (C=N–C) groups is 1. The Morgan fingerprint density at radius 1 is 1.19 bits per heavy atom. The molecule has 4 atom stereocenters. The third-order valence-corrected chi connectivity index (χ3v) is 9.15. The summed E-state index contributed by atoms with van der Waals surface area (Å²) in [6, 6.07) is 6.68. The van der Waals surface area contributed by atoms with Crippen molar-refractivity contribution in [3.05, 3.63) is 62.2 Å².